The molecule has 0 rings (SSSR count). The van der Waals surface area contributed by atoms with Crippen molar-refractivity contribution in [3.05, 3.63) is 0 Å². The minimum absolute atomic E-state index is 0.108. The third-order valence-corrected chi connectivity index (χ3v) is 3.46. The summed E-state index contributed by atoms with van der Waals surface area (Å²) in [4.78, 5) is 14.0. The van der Waals surface area contributed by atoms with Crippen molar-refractivity contribution in [2.24, 2.45) is 17.6 Å². The Kier molecular flexibility index (Phi) is 7.39. The second-order valence-electron chi connectivity index (χ2n) is 4.80. The van der Waals surface area contributed by atoms with Crippen LogP contribution in [0.25, 0.3) is 0 Å². The summed E-state index contributed by atoms with van der Waals surface area (Å²) in [6.07, 6.45) is 2.05. The Bertz CT molecular complexity index is 206. The fourth-order valence-electron chi connectivity index (χ4n) is 1.59. The monoisotopic (exact) mass is 228 g/mol. The van der Waals surface area contributed by atoms with Crippen LogP contribution in [0.4, 0.5) is 0 Å². The molecule has 0 aromatic carbocycles. The van der Waals surface area contributed by atoms with Crippen molar-refractivity contribution in [3.8, 4) is 0 Å². The summed E-state index contributed by atoms with van der Waals surface area (Å²) in [7, 11) is 0. The van der Waals surface area contributed by atoms with Gasteiger partial charge in [0, 0.05) is 13.1 Å². The summed E-state index contributed by atoms with van der Waals surface area (Å²) in [5.41, 5.74) is 5.97. The number of rotatable bonds is 7. The third-order valence-electron chi connectivity index (χ3n) is 3.46. The summed E-state index contributed by atoms with van der Waals surface area (Å²) in [6, 6.07) is -0.339. The van der Waals surface area contributed by atoms with Gasteiger partial charge in [-0.05, 0) is 18.8 Å². The summed E-state index contributed by atoms with van der Waals surface area (Å²) in [5, 5.41) is 0. The van der Waals surface area contributed by atoms with E-state index in [0.29, 0.717) is 5.92 Å². The van der Waals surface area contributed by atoms with Gasteiger partial charge in [-0.2, -0.15) is 0 Å². The minimum Gasteiger partial charge on any atom is -0.341 e. The molecule has 0 radical (unpaired) electrons. The van der Waals surface area contributed by atoms with Gasteiger partial charge in [0.1, 0.15) is 0 Å². The van der Waals surface area contributed by atoms with Gasteiger partial charge in [0.05, 0.1) is 6.04 Å². The summed E-state index contributed by atoms with van der Waals surface area (Å²) >= 11 is 0. The van der Waals surface area contributed by atoms with Crippen molar-refractivity contribution in [2.75, 3.05) is 13.1 Å². The Morgan fingerprint density at radius 1 is 1.19 bits per heavy atom. The predicted octanol–water partition coefficient (Wildman–Crippen LogP) is 2.25. The second kappa shape index (κ2) is 7.66. The molecule has 16 heavy (non-hydrogen) atoms. The average molecular weight is 228 g/mol. The van der Waals surface area contributed by atoms with E-state index in [0.717, 1.165) is 25.9 Å². The molecule has 3 atom stereocenters. The molecule has 2 N–H and O–H groups in total. The zero-order chi connectivity index (χ0) is 12.7. The quantitative estimate of drug-likeness (QED) is 0.726. The maximum atomic E-state index is 12.1. The number of amides is 1. The van der Waals surface area contributed by atoms with E-state index in [1.54, 1.807) is 0 Å². The molecule has 0 aromatic heterocycles. The largest absolute Gasteiger partial charge is 0.341 e. The topological polar surface area (TPSA) is 46.3 Å². The van der Waals surface area contributed by atoms with Gasteiger partial charge in [-0.3, -0.25) is 4.79 Å². The molecule has 1 amide bonds. The maximum absolute atomic E-state index is 12.1. The Hall–Kier alpha value is -0.570. The highest BCUT2D eigenvalue weighted by atomic mass is 16.2. The highest BCUT2D eigenvalue weighted by molar-refractivity contribution is 5.81. The molecule has 0 aliphatic rings. The normalized spacial score (nSPS) is 16.6. The molecule has 0 spiro atoms. The van der Waals surface area contributed by atoms with E-state index < -0.39 is 0 Å². The van der Waals surface area contributed by atoms with E-state index in [1.807, 2.05) is 18.7 Å². The van der Waals surface area contributed by atoms with E-state index in [2.05, 4.69) is 20.8 Å². The number of nitrogens with zero attached hydrogens (tertiary/aromatic N) is 1. The van der Waals surface area contributed by atoms with Gasteiger partial charge in [-0.15, -0.1) is 0 Å². The number of nitrogens with two attached hydrogens (primary N) is 1. The van der Waals surface area contributed by atoms with Gasteiger partial charge in [-0.25, -0.2) is 0 Å². The van der Waals surface area contributed by atoms with E-state index in [1.165, 1.54) is 0 Å². The molecule has 0 saturated heterocycles. The molecule has 0 aliphatic carbocycles. The van der Waals surface area contributed by atoms with Crippen LogP contribution in [0.2, 0.25) is 0 Å². The number of likely N-dealkylation sites (N-methyl/N-ethyl adjacent to an activating group) is 1. The minimum atomic E-state index is -0.339. The van der Waals surface area contributed by atoms with Crippen molar-refractivity contribution < 1.29 is 4.79 Å². The molecule has 0 heterocycles. The molecular weight excluding hydrogens is 200 g/mol. The van der Waals surface area contributed by atoms with Crippen molar-refractivity contribution >= 4 is 5.91 Å². The first-order chi connectivity index (χ1) is 7.47. The van der Waals surface area contributed by atoms with Crippen LogP contribution < -0.4 is 5.73 Å². The van der Waals surface area contributed by atoms with Crippen molar-refractivity contribution in [2.45, 2.75) is 53.5 Å². The molecular formula is C13H28N2O. The Morgan fingerprint density at radius 3 is 2.12 bits per heavy atom. The average Bonchev–Trinajstić information content (AvgIpc) is 2.32. The molecule has 96 valence electrons. The SMILES string of the molecule is CCC(C)CN(CC)C(=O)C(N)C(C)CC. The summed E-state index contributed by atoms with van der Waals surface area (Å²) in [5.74, 6) is 0.920. The van der Waals surface area contributed by atoms with Gasteiger partial charge < -0.3 is 10.6 Å². The zero-order valence-electron chi connectivity index (χ0n) is 11.5. The fourth-order valence-corrected chi connectivity index (χ4v) is 1.59. The van der Waals surface area contributed by atoms with Crippen molar-refractivity contribution in [3.63, 3.8) is 0 Å². The van der Waals surface area contributed by atoms with Crippen LogP contribution in [0, 0.1) is 11.8 Å². The van der Waals surface area contributed by atoms with Crippen LogP contribution in [0.3, 0.4) is 0 Å². The molecule has 0 fully saturated rings. The Balaban J connectivity index is 4.40. The van der Waals surface area contributed by atoms with Crippen LogP contribution in [-0.4, -0.2) is 29.9 Å². The van der Waals surface area contributed by atoms with Crippen LogP contribution in [0.15, 0.2) is 0 Å². The van der Waals surface area contributed by atoms with E-state index in [-0.39, 0.29) is 17.9 Å². The molecule has 3 nitrogen and oxygen atoms in total. The lowest BCUT2D eigenvalue weighted by molar-refractivity contribution is -0.134. The zero-order valence-corrected chi connectivity index (χ0v) is 11.5. The first-order valence-corrected chi connectivity index (χ1v) is 6.52. The first kappa shape index (κ1) is 15.4. The molecule has 0 bridgehead atoms. The van der Waals surface area contributed by atoms with E-state index >= 15 is 0 Å². The highest BCUT2D eigenvalue weighted by Crippen LogP contribution is 2.11. The number of hydrogen-bond donors (Lipinski definition) is 1. The smallest absolute Gasteiger partial charge is 0.239 e. The van der Waals surface area contributed by atoms with Gasteiger partial charge >= 0.3 is 0 Å². The Labute approximate surface area is 100 Å². The second-order valence-corrected chi connectivity index (χ2v) is 4.80. The predicted molar refractivity (Wildman–Crippen MR) is 69.1 cm³/mol. The Morgan fingerprint density at radius 2 is 1.75 bits per heavy atom. The van der Waals surface area contributed by atoms with Crippen molar-refractivity contribution in [1.29, 1.82) is 0 Å². The number of carbonyl (C=O) groups excluding carboxylic acids is 1. The van der Waals surface area contributed by atoms with Gasteiger partial charge in [0.15, 0.2) is 0 Å². The molecule has 0 aliphatic heterocycles. The van der Waals surface area contributed by atoms with Crippen molar-refractivity contribution in [1.82, 2.24) is 4.90 Å². The van der Waals surface area contributed by atoms with Gasteiger partial charge in [-0.1, -0.05) is 40.5 Å². The lowest BCUT2D eigenvalue weighted by Gasteiger charge is -2.29. The molecule has 3 unspecified atom stereocenters. The van der Waals surface area contributed by atoms with E-state index in [9.17, 15) is 4.79 Å². The fraction of sp³-hybridized carbons (Fsp3) is 0.923. The number of carbonyl (C=O) groups is 1. The van der Waals surface area contributed by atoms with Gasteiger partial charge in [0.25, 0.3) is 0 Å². The lowest BCUT2D eigenvalue weighted by atomic mass is 9.98. The molecule has 0 aromatic rings. The van der Waals surface area contributed by atoms with Crippen LogP contribution >= 0.6 is 0 Å². The van der Waals surface area contributed by atoms with Crippen LogP contribution in [0.1, 0.15) is 47.5 Å². The van der Waals surface area contributed by atoms with Crippen LogP contribution in [-0.2, 0) is 4.79 Å². The maximum Gasteiger partial charge on any atom is 0.239 e. The highest BCUT2D eigenvalue weighted by Gasteiger charge is 2.24. The third kappa shape index (κ3) is 4.52. The number of hydrogen-bond acceptors (Lipinski definition) is 2. The van der Waals surface area contributed by atoms with Gasteiger partial charge in [0.2, 0.25) is 5.91 Å². The summed E-state index contributed by atoms with van der Waals surface area (Å²) in [6.45, 7) is 12.0. The lowest BCUT2D eigenvalue weighted by Crippen LogP contribution is -2.48. The van der Waals surface area contributed by atoms with Crippen LogP contribution in [0.5, 0.6) is 0 Å². The molecule has 0 saturated carbocycles. The molecule has 3 heteroatoms. The van der Waals surface area contributed by atoms with E-state index in [4.69, 9.17) is 5.73 Å². The first-order valence-electron chi connectivity index (χ1n) is 6.52. The standard InChI is InChI=1S/C13H28N2O/c1-6-10(4)9-15(8-3)13(16)12(14)11(5)7-2/h10-12H,6-9,14H2,1-5H3. The summed E-state index contributed by atoms with van der Waals surface area (Å²) < 4.78 is 0.